The third-order valence-corrected chi connectivity index (χ3v) is 3.96. The molecular weight excluding hydrogens is 227 g/mol. The first kappa shape index (κ1) is 13.5. The molecule has 0 aromatic heterocycles. The molecule has 18 heavy (non-hydrogen) atoms. The van der Waals surface area contributed by atoms with E-state index in [2.05, 4.69) is 24.2 Å². The zero-order chi connectivity index (χ0) is 13.0. The van der Waals surface area contributed by atoms with Crippen LogP contribution in [-0.4, -0.2) is 31.6 Å². The summed E-state index contributed by atoms with van der Waals surface area (Å²) >= 11 is 0. The van der Waals surface area contributed by atoms with Gasteiger partial charge in [0.05, 0.1) is 0 Å². The van der Waals surface area contributed by atoms with Crippen LogP contribution in [0.1, 0.15) is 31.4 Å². The van der Waals surface area contributed by atoms with Crippen molar-refractivity contribution in [2.45, 2.75) is 25.8 Å². The van der Waals surface area contributed by atoms with Gasteiger partial charge in [-0.3, -0.25) is 4.90 Å². The summed E-state index contributed by atoms with van der Waals surface area (Å²) in [5.74, 6) is 0.580. The summed E-state index contributed by atoms with van der Waals surface area (Å²) in [6.45, 7) is 5.57. The van der Waals surface area contributed by atoms with Gasteiger partial charge in [-0.25, -0.2) is 4.39 Å². The van der Waals surface area contributed by atoms with E-state index in [1.165, 1.54) is 18.4 Å². The van der Waals surface area contributed by atoms with Crippen LogP contribution in [0.5, 0.6) is 0 Å². The molecule has 1 heterocycles. The predicted octanol–water partition coefficient (Wildman–Crippen LogP) is 2.82. The standard InChI is InChI=1S/C15H23FN2/c1-12(14-5-7-15(16)8-6-14)18(2)11-13-4-3-9-17-10-13/h5-8,12-13,17H,3-4,9-11H2,1-2H3. The van der Waals surface area contributed by atoms with E-state index in [0.29, 0.717) is 6.04 Å². The first-order chi connectivity index (χ1) is 8.66. The summed E-state index contributed by atoms with van der Waals surface area (Å²) in [7, 11) is 2.16. The van der Waals surface area contributed by atoms with E-state index in [4.69, 9.17) is 0 Å². The Morgan fingerprint density at radius 1 is 1.39 bits per heavy atom. The highest BCUT2D eigenvalue weighted by Crippen LogP contribution is 2.21. The molecule has 1 fully saturated rings. The normalized spacial score (nSPS) is 22.1. The van der Waals surface area contributed by atoms with Crippen molar-refractivity contribution < 1.29 is 4.39 Å². The first-order valence-corrected chi connectivity index (χ1v) is 6.83. The molecule has 1 aromatic rings. The highest BCUT2D eigenvalue weighted by atomic mass is 19.1. The van der Waals surface area contributed by atoms with Gasteiger partial charge in [-0.2, -0.15) is 0 Å². The zero-order valence-electron chi connectivity index (χ0n) is 11.3. The fraction of sp³-hybridized carbons (Fsp3) is 0.600. The van der Waals surface area contributed by atoms with E-state index in [-0.39, 0.29) is 5.82 Å². The fourth-order valence-corrected chi connectivity index (χ4v) is 2.64. The number of nitrogens with one attached hydrogen (secondary N) is 1. The number of halogens is 1. The molecule has 1 aliphatic rings. The summed E-state index contributed by atoms with van der Waals surface area (Å²) in [5.41, 5.74) is 1.18. The summed E-state index contributed by atoms with van der Waals surface area (Å²) in [4.78, 5) is 2.37. The molecule has 0 amide bonds. The van der Waals surface area contributed by atoms with Gasteiger partial charge in [-0.05, 0) is 63.5 Å². The third kappa shape index (κ3) is 3.53. The summed E-state index contributed by atoms with van der Waals surface area (Å²) in [6.07, 6.45) is 2.59. The number of hydrogen-bond acceptors (Lipinski definition) is 2. The van der Waals surface area contributed by atoms with Gasteiger partial charge in [0, 0.05) is 12.6 Å². The Balaban J connectivity index is 1.91. The summed E-state index contributed by atoms with van der Waals surface area (Å²) in [6, 6.07) is 7.20. The second kappa shape index (κ2) is 6.30. The average molecular weight is 250 g/mol. The van der Waals surface area contributed by atoms with Crippen molar-refractivity contribution in [3.63, 3.8) is 0 Å². The Kier molecular flexibility index (Phi) is 4.72. The lowest BCUT2D eigenvalue weighted by molar-refractivity contribution is 0.199. The fourth-order valence-electron chi connectivity index (χ4n) is 2.64. The molecule has 0 aliphatic carbocycles. The van der Waals surface area contributed by atoms with E-state index in [9.17, 15) is 4.39 Å². The van der Waals surface area contributed by atoms with Gasteiger partial charge in [0.1, 0.15) is 5.82 Å². The Bertz CT molecular complexity index is 357. The molecule has 1 aromatic carbocycles. The molecule has 100 valence electrons. The maximum atomic E-state index is 12.9. The Morgan fingerprint density at radius 2 is 2.11 bits per heavy atom. The molecule has 3 heteroatoms. The van der Waals surface area contributed by atoms with E-state index in [0.717, 1.165) is 25.6 Å². The van der Waals surface area contributed by atoms with E-state index in [1.807, 2.05) is 12.1 Å². The lowest BCUT2D eigenvalue weighted by atomic mass is 9.98. The molecule has 1 N–H and O–H groups in total. The minimum Gasteiger partial charge on any atom is -0.316 e. The van der Waals surface area contributed by atoms with E-state index >= 15 is 0 Å². The van der Waals surface area contributed by atoms with Gasteiger partial charge in [0.15, 0.2) is 0 Å². The van der Waals surface area contributed by atoms with Gasteiger partial charge in [0.2, 0.25) is 0 Å². The van der Waals surface area contributed by atoms with Crippen LogP contribution in [0.2, 0.25) is 0 Å². The number of piperidine rings is 1. The molecule has 1 saturated heterocycles. The lowest BCUT2D eigenvalue weighted by Gasteiger charge is -2.31. The molecule has 2 rings (SSSR count). The van der Waals surface area contributed by atoms with Crippen LogP contribution >= 0.6 is 0 Å². The maximum absolute atomic E-state index is 12.9. The summed E-state index contributed by atoms with van der Waals surface area (Å²) in [5, 5.41) is 3.45. The van der Waals surface area contributed by atoms with Crippen molar-refractivity contribution in [3.05, 3.63) is 35.6 Å². The predicted molar refractivity (Wildman–Crippen MR) is 73.0 cm³/mol. The second-order valence-electron chi connectivity index (χ2n) is 5.38. The van der Waals surface area contributed by atoms with Crippen molar-refractivity contribution in [1.82, 2.24) is 10.2 Å². The maximum Gasteiger partial charge on any atom is 0.123 e. The van der Waals surface area contributed by atoms with Crippen molar-refractivity contribution in [1.29, 1.82) is 0 Å². The molecule has 2 nitrogen and oxygen atoms in total. The summed E-state index contributed by atoms with van der Waals surface area (Å²) < 4.78 is 12.9. The molecule has 0 bridgehead atoms. The molecule has 1 aliphatic heterocycles. The van der Waals surface area contributed by atoms with Crippen LogP contribution in [0, 0.1) is 11.7 Å². The van der Waals surface area contributed by atoms with Gasteiger partial charge in [0.25, 0.3) is 0 Å². The SMILES string of the molecule is CC(c1ccc(F)cc1)N(C)CC1CCCNC1. The van der Waals surface area contributed by atoms with Gasteiger partial charge < -0.3 is 5.32 Å². The van der Waals surface area contributed by atoms with E-state index in [1.54, 1.807) is 12.1 Å². The minimum atomic E-state index is -0.162. The van der Waals surface area contributed by atoms with Crippen LogP contribution in [0.4, 0.5) is 4.39 Å². The Hall–Kier alpha value is -0.930. The van der Waals surface area contributed by atoms with Crippen LogP contribution < -0.4 is 5.32 Å². The number of nitrogens with zero attached hydrogens (tertiary/aromatic N) is 1. The van der Waals surface area contributed by atoms with E-state index < -0.39 is 0 Å². The van der Waals surface area contributed by atoms with Crippen LogP contribution in [0.15, 0.2) is 24.3 Å². The smallest absolute Gasteiger partial charge is 0.123 e. The quantitative estimate of drug-likeness (QED) is 0.884. The van der Waals surface area contributed by atoms with Crippen LogP contribution in [0.3, 0.4) is 0 Å². The molecule has 0 saturated carbocycles. The van der Waals surface area contributed by atoms with Gasteiger partial charge >= 0.3 is 0 Å². The molecule has 2 unspecified atom stereocenters. The molecule has 2 atom stereocenters. The topological polar surface area (TPSA) is 15.3 Å². The van der Waals surface area contributed by atoms with Crippen LogP contribution in [-0.2, 0) is 0 Å². The Morgan fingerprint density at radius 3 is 2.72 bits per heavy atom. The van der Waals surface area contributed by atoms with Crippen LogP contribution in [0.25, 0.3) is 0 Å². The van der Waals surface area contributed by atoms with Crippen molar-refractivity contribution in [3.8, 4) is 0 Å². The highest BCUT2D eigenvalue weighted by Gasteiger charge is 2.18. The number of rotatable bonds is 4. The van der Waals surface area contributed by atoms with Crippen molar-refractivity contribution >= 4 is 0 Å². The monoisotopic (exact) mass is 250 g/mol. The van der Waals surface area contributed by atoms with Crippen molar-refractivity contribution in [2.24, 2.45) is 5.92 Å². The van der Waals surface area contributed by atoms with Gasteiger partial charge in [-0.1, -0.05) is 12.1 Å². The minimum absolute atomic E-state index is 0.162. The highest BCUT2D eigenvalue weighted by molar-refractivity contribution is 5.19. The van der Waals surface area contributed by atoms with Crippen molar-refractivity contribution in [2.75, 3.05) is 26.7 Å². The first-order valence-electron chi connectivity index (χ1n) is 6.83. The largest absolute Gasteiger partial charge is 0.316 e. The molecular formula is C15H23FN2. The van der Waals surface area contributed by atoms with Gasteiger partial charge in [-0.15, -0.1) is 0 Å². The molecule has 0 spiro atoms. The molecule has 0 radical (unpaired) electrons. The average Bonchev–Trinajstić information content (AvgIpc) is 2.40. The third-order valence-electron chi connectivity index (χ3n) is 3.96. The lowest BCUT2D eigenvalue weighted by Crippen LogP contribution is -2.37. The Labute approximate surface area is 109 Å². The number of benzene rings is 1. The second-order valence-corrected chi connectivity index (χ2v) is 5.38. The number of hydrogen-bond donors (Lipinski definition) is 1. The zero-order valence-corrected chi connectivity index (χ0v) is 11.3.